The number of methoxy groups -OCH3 is 1. The lowest BCUT2D eigenvalue weighted by atomic mass is 10.0. The Hall–Kier alpha value is -2.35. The lowest BCUT2D eigenvalue weighted by molar-refractivity contribution is 0.108. The van der Waals surface area contributed by atoms with Gasteiger partial charge in [-0.25, -0.2) is 0 Å². The molecule has 2 unspecified atom stereocenters. The van der Waals surface area contributed by atoms with Crippen LogP contribution in [0.1, 0.15) is 35.8 Å². The monoisotopic (exact) mass is 310 g/mol. The highest BCUT2D eigenvalue weighted by Gasteiger charge is 2.19. The topological polar surface area (TPSA) is 56.5 Å². The normalized spacial score (nSPS) is 13.4. The van der Waals surface area contributed by atoms with E-state index in [0.717, 1.165) is 16.9 Å². The second kappa shape index (κ2) is 7.77. The fourth-order valence-corrected chi connectivity index (χ4v) is 2.57. The van der Waals surface area contributed by atoms with Crippen LogP contribution in [0.3, 0.4) is 0 Å². The van der Waals surface area contributed by atoms with Crippen molar-refractivity contribution in [2.24, 2.45) is 0 Å². The molecule has 0 amide bonds. The second-order valence-electron chi connectivity index (χ2n) is 5.61. The zero-order valence-corrected chi connectivity index (χ0v) is 13.7. The van der Waals surface area contributed by atoms with Crippen LogP contribution in [0.4, 0.5) is 0 Å². The van der Waals surface area contributed by atoms with Gasteiger partial charge in [-0.05, 0) is 37.7 Å². The van der Waals surface area contributed by atoms with Crippen LogP contribution in [0.25, 0.3) is 0 Å². The summed E-state index contributed by atoms with van der Waals surface area (Å²) in [7, 11) is 3.64. The number of nitrogens with zero attached hydrogens (tertiary/aromatic N) is 2. The molecule has 2 rings (SSSR count). The Kier molecular flexibility index (Phi) is 5.75. The van der Waals surface area contributed by atoms with Crippen LogP contribution in [-0.4, -0.2) is 30.7 Å². The number of hydrogen-bond donors (Lipinski definition) is 1. The minimum atomic E-state index is -0.607. The number of hydrogen-bond acceptors (Lipinski definition) is 4. The molecular formula is C19H22N2O2. The van der Waals surface area contributed by atoms with E-state index in [2.05, 4.69) is 17.9 Å². The van der Waals surface area contributed by atoms with Gasteiger partial charge in [0.25, 0.3) is 0 Å². The first kappa shape index (κ1) is 17.0. The molecular weight excluding hydrogens is 288 g/mol. The average molecular weight is 310 g/mol. The summed E-state index contributed by atoms with van der Waals surface area (Å²) < 4.78 is 5.41. The van der Waals surface area contributed by atoms with Crippen molar-refractivity contribution < 1.29 is 9.84 Å². The number of rotatable bonds is 6. The summed E-state index contributed by atoms with van der Waals surface area (Å²) in [6, 6.07) is 17.1. The van der Waals surface area contributed by atoms with E-state index in [1.807, 2.05) is 31.3 Å². The second-order valence-corrected chi connectivity index (χ2v) is 5.61. The van der Waals surface area contributed by atoms with Gasteiger partial charge in [0, 0.05) is 18.2 Å². The van der Waals surface area contributed by atoms with E-state index < -0.39 is 6.10 Å². The standard InChI is InChI=1S/C19H22N2O2/c1-14(17-6-4-5-7-19(17)23-3)21(2)13-18(22)16-10-8-15(12-20)9-11-16/h4-11,14,18,22H,13H2,1-3H3. The van der Waals surface area contributed by atoms with Crippen molar-refractivity contribution in [1.29, 1.82) is 5.26 Å². The molecule has 0 saturated heterocycles. The van der Waals surface area contributed by atoms with Crippen LogP contribution in [-0.2, 0) is 0 Å². The lowest BCUT2D eigenvalue weighted by Crippen LogP contribution is -2.27. The first-order chi connectivity index (χ1) is 11.1. The van der Waals surface area contributed by atoms with Crippen molar-refractivity contribution in [3.05, 3.63) is 65.2 Å². The van der Waals surface area contributed by atoms with Crippen LogP contribution < -0.4 is 4.74 Å². The predicted octanol–water partition coefficient (Wildman–Crippen LogP) is 3.29. The molecule has 2 atom stereocenters. The molecule has 23 heavy (non-hydrogen) atoms. The van der Waals surface area contributed by atoms with E-state index >= 15 is 0 Å². The molecule has 4 heteroatoms. The van der Waals surface area contributed by atoms with Gasteiger partial charge in [0.1, 0.15) is 5.75 Å². The van der Waals surface area contributed by atoms with E-state index in [9.17, 15) is 5.11 Å². The summed E-state index contributed by atoms with van der Waals surface area (Å²) in [4.78, 5) is 2.08. The number of aliphatic hydroxyl groups excluding tert-OH is 1. The summed E-state index contributed by atoms with van der Waals surface area (Å²) in [5.74, 6) is 0.847. The number of benzene rings is 2. The maximum Gasteiger partial charge on any atom is 0.123 e. The molecule has 0 heterocycles. The number of aliphatic hydroxyl groups is 1. The number of ether oxygens (including phenoxy) is 1. The molecule has 0 aromatic heterocycles. The molecule has 2 aromatic rings. The summed E-state index contributed by atoms with van der Waals surface area (Å²) in [6.45, 7) is 2.58. The summed E-state index contributed by atoms with van der Waals surface area (Å²) in [5.41, 5.74) is 2.49. The fraction of sp³-hybridized carbons (Fsp3) is 0.316. The molecule has 0 spiro atoms. The molecule has 0 saturated carbocycles. The summed E-state index contributed by atoms with van der Waals surface area (Å²) in [5, 5.41) is 19.2. The smallest absolute Gasteiger partial charge is 0.123 e. The van der Waals surface area contributed by atoms with Crippen LogP contribution in [0, 0.1) is 11.3 Å². The quantitative estimate of drug-likeness (QED) is 0.889. The molecule has 120 valence electrons. The van der Waals surface area contributed by atoms with Crippen LogP contribution in [0.15, 0.2) is 48.5 Å². The third kappa shape index (κ3) is 4.10. The maximum absolute atomic E-state index is 10.4. The van der Waals surface area contributed by atoms with Crippen molar-refractivity contribution in [2.45, 2.75) is 19.1 Å². The van der Waals surface area contributed by atoms with E-state index in [0.29, 0.717) is 12.1 Å². The largest absolute Gasteiger partial charge is 0.496 e. The van der Waals surface area contributed by atoms with Gasteiger partial charge in [0.15, 0.2) is 0 Å². The van der Waals surface area contributed by atoms with Gasteiger partial charge in [-0.15, -0.1) is 0 Å². The van der Waals surface area contributed by atoms with E-state index in [-0.39, 0.29) is 6.04 Å². The zero-order chi connectivity index (χ0) is 16.8. The Morgan fingerprint density at radius 3 is 2.43 bits per heavy atom. The number of likely N-dealkylation sites (N-methyl/N-ethyl adjacent to an activating group) is 1. The van der Waals surface area contributed by atoms with Crippen molar-refractivity contribution in [2.75, 3.05) is 20.7 Å². The van der Waals surface area contributed by atoms with Gasteiger partial charge in [-0.2, -0.15) is 5.26 Å². The van der Waals surface area contributed by atoms with Gasteiger partial charge in [0.2, 0.25) is 0 Å². The van der Waals surface area contributed by atoms with Crippen molar-refractivity contribution in [3.63, 3.8) is 0 Å². The van der Waals surface area contributed by atoms with E-state index in [1.165, 1.54) is 0 Å². The molecule has 1 N–H and O–H groups in total. The third-order valence-corrected chi connectivity index (χ3v) is 4.14. The van der Waals surface area contributed by atoms with Crippen LogP contribution in [0.5, 0.6) is 5.75 Å². The van der Waals surface area contributed by atoms with E-state index in [1.54, 1.807) is 31.4 Å². The molecule has 0 aliphatic carbocycles. The molecule has 0 fully saturated rings. The third-order valence-electron chi connectivity index (χ3n) is 4.14. The van der Waals surface area contributed by atoms with Gasteiger partial charge < -0.3 is 9.84 Å². The zero-order valence-electron chi connectivity index (χ0n) is 13.7. The highest BCUT2D eigenvalue weighted by molar-refractivity contribution is 5.36. The van der Waals surface area contributed by atoms with Gasteiger partial charge in [0.05, 0.1) is 24.8 Å². The Morgan fingerprint density at radius 1 is 1.17 bits per heavy atom. The summed E-state index contributed by atoms with van der Waals surface area (Å²) >= 11 is 0. The summed E-state index contributed by atoms with van der Waals surface area (Å²) in [6.07, 6.45) is -0.607. The van der Waals surface area contributed by atoms with Gasteiger partial charge in [-0.3, -0.25) is 4.90 Å². The Balaban J connectivity index is 2.07. The maximum atomic E-state index is 10.4. The van der Waals surface area contributed by atoms with Crippen LogP contribution in [0.2, 0.25) is 0 Å². The van der Waals surface area contributed by atoms with Gasteiger partial charge >= 0.3 is 0 Å². The fourth-order valence-electron chi connectivity index (χ4n) is 2.57. The number of para-hydroxylation sites is 1. The highest BCUT2D eigenvalue weighted by atomic mass is 16.5. The SMILES string of the molecule is COc1ccccc1C(C)N(C)CC(O)c1ccc(C#N)cc1. The molecule has 2 aromatic carbocycles. The molecule has 0 aliphatic rings. The Bertz CT molecular complexity index is 677. The minimum absolute atomic E-state index is 0.110. The van der Waals surface area contributed by atoms with E-state index in [4.69, 9.17) is 10.00 Å². The first-order valence-corrected chi connectivity index (χ1v) is 7.58. The first-order valence-electron chi connectivity index (χ1n) is 7.58. The minimum Gasteiger partial charge on any atom is -0.496 e. The lowest BCUT2D eigenvalue weighted by Gasteiger charge is -2.28. The molecule has 0 radical (unpaired) electrons. The van der Waals surface area contributed by atoms with Crippen molar-refractivity contribution >= 4 is 0 Å². The van der Waals surface area contributed by atoms with Crippen molar-refractivity contribution in [3.8, 4) is 11.8 Å². The molecule has 4 nitrogen and oxygen atoms in total. The predicted molar refractivity (Wildman–Crippen MR) is 90.2 cm³/mol. The highest BCUT2D eigenvalue weighted by Crippen LogP contribution is 2.29. The molecule has 0 aliphatic heterocycles. The van der Waals surface area contributed by atoms with Crippen LogP contribution >= 0.6 is 0 Å². The van der Waals surface area contributed by atoms with Gasteiger partial charge in [-0.1, -0.05) is 30.3 Å². The average Bonchev–Trinajstić information content (AvgIpc) is 2.60. The Labute approximate surface area is 137 Å². The van der Waals surface area contributed by atoms with Crippen molar-refractivity contribution in [1.82, 2.24) is 4.90 Å². The number of nitriles is 1. The Morgan fingerprint density at radius 2 is 1.83 bits per heavy atom. The molecule has 0 bridgehead atoms.